The minimum Gasteiger partial charge on any atom is -0.286 e. The highest BCUT2D eigenvalue weighted by Gasteiger charge is 2.39. The van der Waals surface area contributed by atoms with Gasteiger partial charge in [0.2, 0.25) is 11.9 Å². The molecule has 2 aliphatic heterocycles. The van der Waals surface area contributed by atoms with Gasteiger partial charge in [0, 0.05) is 11.6 Å². The summed E-state index contributed by atoms with van der Waals surface area (Å²) in [6.45, 7) is 1.37. The first kappa shape index (κ1) is 15.9. The number of guanidine groups is 1. The van der Waals surface area contributed by atoms with Crippen molar-refractivity contribution in [3.05, 3.63) is 40.6 Å². The number of carbonyl (C=O) groups is 1. The smallest absolute Gasteiger partial charge is 0.262 e. The van der Waals surface area contributed by atoms with Crippen LogP contribution in [0.25, 0.3) is 0 Å². The number of amides is 1. The number of carbonyl (C=O) groups excluding carboxylic acids is 1. The van der Waals surface area contributed by atoms with Gasteiger partial charge in [-0.1, -0.05) is 11.6 Å². The predicted molar refractivity (Wildman–Crippen MR) is 80.8 cm³/mol. The van der Waals surface area contributed by atoms with Gasteiger partial charge in [0.05, 0.1) is 17.5 Å². The van der Waals surface area contributed by atoms with Gasteiger partial charge < -0.3 is 0 Å². The van der Waals surface area contributed by atoms with E-state index in [1.165, 1.54) is 6.07 Å². The van der Waals surface area contributed by atoms with Crippen LogP contribution >= 0.6 is 11.6 Å². The molecule has 0 atom stereocenters. The van der Waals surface area contributed by atoms with Crippen molar-refractivity contribution < 1.29 is 22.0 Å². The molecule has 1 amide bonds. The molecule has 3 rings (SSSR count). The van der Waals surface area contributed by atoms with E-state index in [9.17, 15) is 22.0 Å². The van der Waals surface area contributed by atoms with Gasteiger partial charge in [-0.15, -0.1) is 4.40 Å². The van der Waals surface area contributed by atoms with Crippen molar-refractivity contribution in [2.24, 2.45) is 4.40 Å². The van der Waals surface area contributed by atoms with Crippen LogP contribution in [0, 0.1) is 12.7 Å². The summed E-state index contributed by atoms with van der Waals surface area (Å²) in [6, 6.07) is 2.27. The molecule has 0 saturated heterocycles. The first-order valence-electron chi connectivity index (χ1n) is 6.47. The van der Waals surface area contributed by atoms with Crippen LogP contribution in [0.3, 0.4) is 0 Å². The Kier molecular flexibility index (Phi) is 3.64. The fraction of sp³-hybridized carbons (Fsp3) is 0.231. The Bertz CT molecular complexity index is 883. The molecule has 0 aliphatic carbocycles. The highest BCUT2D eigenvalue weighted by atomic mass is 35.5. The molecule has 122 valence electrons. The maximum absolute atomic E-state index is 14.2. The molecule has 0 radical (unpaired) electrons. The molecule has 0 fully saturated rings. The van der Waals surface area contributed by atoms with Gasteiger partial charge in [-0.25, -0.2) is 17.7 Å². The van der Waals surface area contributed by atoms with Gasteiger partial charge in [-0.05, 0) is 24.6 Å². The van der Waals surface area contributed by atoms with E-state index in [4.69, 9.17) is 11.6 Å². The number of sulfonamides is 1. The van der Waals surface area contributed by atoms with E-state index in [1.807, 2.05) is 0 Å². The third-order valence-electron chi connectivity index (χ3n) is 3.42. The number of benzene rings is 1. The molecule has 23 heavy (non-hydrogen) atoms. The lowest BCUT2D eigenvalue weighted by Gasteiger charge is -2.36. The van der Waals surface area contributed by atoms with E-state index in [0.717, 1.165) is 15.9 Å². The molecule has 0 unspecified atom stereocenters. The highest BCUT2D eigenvalue weighted by Crippen LogP contribution is 2.31. The normalized spacial score (nSPS) is 20.1. The monoisotopic (exact) mass is 361 g/mol. The first-order chi connectivity index (χ1) is 10.7. The van der Waals surface area contributed by atoms with Crippen molar-refractivity contribution in [3.8, 4) is 0 Å². The standard InChI is InChI=1S/C13H10ClF2N3O3S/c1-7-4-10(9(15)5-8(7)14)19-12(20)6-11(16)18-2-3-23(21,22)17-13(18)19/h4-6H,2-3H2,1H3. The SMILES string of the molecule is Cc1cc(N2C(=O)C=C(F)N3CCS(=O)(=O)N=C32)c(F)cc1Cl. The minimum absolute atomic E-state index is 0.146. The van der Waals surface area contributed by atoms with E-state index >= 15 is 0 Å². The third-order valence-corrected chi connectivity index (χ3v) is 4.97. The van der Waals surface area contributed by atoms with E-state index in [1.54, 1.807) is 6.92 Å². The van der Waals surface area contributed by atoms with Gasteiger partial charge in [-0.3, -0.25) is 9.69 Å². The summed E-state index contributed by atoms with van der Waals surface area (Å²) in [5.74, 6) is -3.61. The van der Waals surface area contributed by atoms with Crippen LogP contribution in [0.4, 0.5) is 14.5 Å². The van der Waals surface area contributed by atoms with Crippen LogP contribution in [0.2, 0.25) is 5.02 Å². The van der Waals surface area contributed by atoms with E-state index in [2.05, 4.69) is 4.40 Å². The quantitative estimate of drug-likeness (QED) is 0.717. The van der Waals surface area contributed by atoms with Gasteiger partial charge in [0.25, 0.3) is 15.9 Å². The van der Waals surface area contributed by atoms with Crippen molar-refractivity contribution in [1.29, 1.82) is 0 Å². The molecular weight excluding hydrogens is 352 g/mol. The second-order valence-corrected chi connectivity index (χ2v) is 7.18. The van der Waals surface area contributed by atoms with Crippen molar-refractivity contribution >= 4 is 39.2 Å². The molecule has 2 aliphatic rings. The zero-order chi connectivity index (χ0) is 16.9. The first-order valence-corrected chi connectivity index (χ1v) is 8.45. The lowest BCUT2D eigenvalue weighted by molar-refractivity contribution is -0.113. The molecular formula is C13H10ClF2N3O3S. The number of fused-ring (bicyclic) bond motifs is 1. The highest BCUT2D eigenvalue weighted by molar-refractivity contribution is 7.90. The number of aryl methyl sites for hydroxylation is 1. The molecule has 0 N–H and O–H groups in total. The van der Waals surface area contributed by atoms with Crippen molar-refractivity contribution in [3.63, 3.8) is 0 Å². The van der Waals surface area contributed by atoms with E-state index in [-0.39, 0.29) is 17.3 Å². The number of hydrogen-bond acceptors (Lipinski definition) is 4. The van der Waals surface area contributed by atoms with Crippen LogP contribution in [0.15, 0.2) is 28.6 Å². The summed E-state index contributed by atoms with van der Waals surface area (Å²) in [7, 11) is -3.86. The summed E-state index contributed by atoms with van der Waals surface area (Å²) in [4.78, 5) is 13.8. The van der Waals surface area contributed by atoms with Crippen molar-refractivity contribution in [2.75, 3.05) is 17.2 Å². The lowest BCUT2D eigenvalue weighted by atomic mass is 10.2. The molecule has 0 saturated carbocycles. The van der Waals surface area contributed by atoms with E-state index in [0.29, 0.717) is 11.6 Å². The maximum Gasteiger partial charge on any atom is 0.262 e. The maximum atomic E-state index is 14.2. The van der Waals surface area contributed by atoms with Gasteiger partial charge in [0.15, 0.2) is 0 Å². The second-order valence-electron chi connectivity index (χ2n) is 5.02. The minimum atomic E-state index is -3.86. The van der Waals surface area contributed by atoms with Crippen LogP contribution in [-0.4, -0.2) is 37.5 Å². The molecule has 1 aromatic carbocycles. The van der Waals surface area contributed by atoms with Gasteiger partial charge in [0.1, 0.15) is 5.82 Å². The average molecular weight is 362 g/mol. The topological polar surface area (TPSA) is 70.1 Å². The second kappa shape index (κ2) is 5.27. The Morgan fingerprint density at radius 3 is 2.70 bits per heavy atom. The Balaban J connectivity index is 2.23. The number of hydrogen-bond donors (Lipinski definition) is 0. The van der Waals surface area contributed by atoms with Crippen LogP contribution in [0.5, 0.6) is 0 Å². The average Bonchev–Trinajstić information content (AvgIpc) is 2.42. The zero-order valence-electron chi connectivity index (χ0n) is 11.8. The van der Waals surface area contributed by atoms with Crippen LogP contribution in [-0.2, 0) is 14.8 Å². The zero-order valence-corrected chi connectivity index (χ0v) is 13.3. The fourth-order valence-corrected chi connectivity index (χ4v) is 3.36. The molecule has 0 aromatic heterocycles. The number of nitrogens with zero attached hydrogens (tertiary/aromatic N) is 3. The Labute approximate surface area is 135 Å². The number of halogens is 3. The number of rotatable bonds is 1. The Hall–Kier alpha value is -2.00. The number of anilines is 1. The summed E-state index contributed by atoms with van der Waals surface area (Å²) in [5.41, 5.74) is 0.221. The van der Waals surface area contributed by atoms with Gasteiger partial charge in [-0.2, -0.15) is 4.39 Å². The van der Waals surface area contributed by atoms with Crippen LogP contribution in [0.1, 0.15) is 5.56 Å². The van der Waals surface area contributed by atoms with E-state index < -0.39 is 39.4 Å². The molecule has 10 heteroatoms. The summed E-state index contributed by atoms with van der Waals surface area (Å²) in [5, 5.41) is 0.146. The lowest BCUT2D eigenvalue weighted by Crippen LogP contribution is -2.53. The van der Waals surface area contributed by atoms with Gasteiger partial charge >= 0.3 is 0 Å². The Morgan fingerprint density at radius 1 is 1.30 bits per heavy atom. The molecule has 1 aromatic rings. The largest absolute Gasteiger partial charge is 0.286 e. The van der Waals surface area contributed by atoms with Crippen LogP contribution < -0.4 is 4.90 Å². The fourth-order valence-electron chi connectivity index (χ4n) is 2.27. The summed E-state index contributed by atoms with van der Waals surface area (Å²) in [6.07, 6.45) is 0.653. The predicted octanol–water partition coefficient (Wildman–Crippen LogP) is 1.95. The third kappa shape index (κ3) is 2.70. The molecule has 6 nitrogen and oxygen atoms in total. The Morgan fingerprint density at radius 2 is 2.00 bits per heavy atom. The van der Waals surface area contributed by atoms with Crippen molar-refractivity contribution in [1.82, 2.24) is 4.90 Å². The molecule has 2 heterocycles. The summed E-state index contributed by atoms with van der Waals surface area (Å²) < 4.78 is 54.9. The van der Waals surface area contributed by atoms with Crippen molar-refractivity contribution in [2.45, 2.75) is 6.92 Å². The molecule has 0 bridgehead atoms. The summed E-state index contributed by atoms with van der Waals surface area (Å²) >= 11 is 5.82. The molecule has 0 spiro atoms.